The summed E-state index contributed by atoms with van der Waals surface area (Å²) in [7, 11) is -0.842. The van der Waals surface area contributed by atoms with Crippen molar-refractivity contribution in [1.29, 1.82) is 0 Å². The fourth-order valence-corrected chi connectivity index (χ4v) is 3.28. The summed E-state index contributed by atoms with van der Waals surface area (Å²) < 4.78 is 11.7. The molecule has 0 unspecified atom stereocenters. The Bertz CT molecular complexity index is 569. The number of nitrogens with zero attached hydrogens (tertiary/aromatic N) is 1. The van der Waals surface area contributed by atoms with Gasteiger partial charge < -0.3 is 15.3 Å². The third-order valence-corrected chi connectivity index (χ3v) is 4.88. The van der Waals surface area contributed by atoms with Crippen LogP contribution in [-0.4, -0.2) is 50.8 Å². The van der Waals surface area contributed by atoms with Crippen LogP contribution in [0.5, 0.6) is 0 Å². The van der Waals surface area contributed by atoms with Crippen LogP contribution in [-0.2, 0) is 10.8 Å². The molecule has 1 aromatic carbocycles. The molecular weight excluding hydrogens is 348 g/mol. The maximum atomic E-state index is 12.0. The molecule has 20 heavy (non-hydrogen) atoms. The second-order valence-electron chi connectivity index (χ2n) is 4.27. The average molecular weight is 361 g/mol. The highest BCUT2D eigenvalue weighted by Gasteiger charge is 2.20. The third-order valence-electron chi connectivity index (χ3n) is 2.91. The zero-order valence-corrected chi connectivity index (χ0v) is 12.9. The molecule has 0 radical (unpaired) electrons. The summed E-state index contributed by atoms with van der Waals surface area (Å²) in [4.78, 5) is 24.6. The van der Waals surface area contributed by atoms with Crippen LogP contribution in [0.3, 0.4) is 0 Å². The van der Waals surface area contributed by atoms with Crippen molar-refractivity contribution in [2.45, 2.75) is 0 Å². The number of carboxylic acid groups (broad SMARTS) is 1. The Kier molecular flexibility index (Phi) is 4.77. The van der Waals surface area contributed by atoms with E-state index in [2.05, 4.69) is 21.2 Å². The topological polar surface area (TPSA) is 86.7 Å². The Hall–Kier alpha value is -1.41. The lowest BCUT2D eigenvalue weighted by molar-refractivity contribution is 0.0696. The van der Waals surface area contributed by atoms with Crippen molar-refractivity contribution in [3.8, 4) is 0 Å². The molecule has 2 rings (SSSR count). The number of carbonyl (C=O) groups excluding carboxylic acids is 1. The van der Waals surface area contributed by atoms with Crippen molar-refractivity contribution in [1.82, 2.24) is 4.90 Å². The second-order valence-corrected chi connectivity index (χ2v) is 6.82. The van der Waals surface area contributed by atoms with E-state index in [1.54, 1.807) is 17.0 Å². The lowest BCUT2D eigenvalue weighted by Crippen LogP contribution is -2.43. The van der Waals surface area contributed by atoms with Gasteiger partial charge in [-0.15, -0.1) is 0 Å². The Morgan fingerprint density at radius 2 is 1.95 bits per heavy atom. The van der Waals surface area contributed by atoms with Crippen LogP contribution < -0.4 is 5.32 Å². The van der Waals surface area contributed by atoms with Crippen LogP contribution in [0.2, 0.25) is 0 Å². The van der Waals surface area contributed by atoms with E-state index < -0.39 is 16.8 Å². The van der Waals surface area contributed by atoms with Crippen LogP contribution in [0.1, 0.15) is 10.4 Å². The summed E-state index contributed by atoms with van der Waals surface area (Å²) in [5.74, 6) is -0.108. The number of rotatable bonds is 2. The van der Waals surface area contributed by atoms with Crippen LogP contribution >= 0.6 is 15.9 Å². The first-order chi connectivity index (χ1) is 9.47. The van der Waals surface area contributed by atoms with E-state index >= 15 is 0 Å². The van der Waals surface area contributed by atoms with Gasteiger partial charge in [-0.2, -0.15) is 0 Å². The van der Waals surface area contributed by atoms with Gasteiger partial charge >= 0.3 is 12.0 Å². The van der Waals surface area contributed by atoms with E-state index in [1.165, 1.54) is 6.07 Å². The van der Waals surface area contributed by atoms with Crippen molar-refractivity contribution < 1.29 is 18.9 Å². The molecule has 1 heterocycles. The summed E-state index contributed by atoms with van der Waals surface area (Å²) in [5, 5.41) is 11.7. The molecule has 108 valence electrons. The zero-order valence-electron chi connectivity index (χ0n) is 10.5. The minimum atomic E-state index is -1.07. The van der Waals surface area contributed by atoms with Gasteiger partial charge in [0.15, 0.2) is 0 Å². The number of carbonyl (C=O) groups is 2. The van der Waals surface area contributed by atoms with Crippen molar-refractivity contribution in [3.63, 3.8) is 0 Å². The molecule has 1 aliphatic rings. The first-order valence-electron chi connectivity index (χ1n) is 5.91. The molecule has 0 spiro atoms. The van der Waals surface area contributed by atoms with Crippen molar-refractivity contribution >= 4 is 44.4 Å². The number of anilines is 1. The lowest BCUT2D eigenvalue weighted by atomic mass is 10.2. The molecule has 0 atom stereocenters. The summed E-state index contributed by atoms with van der Waals surface area (Å²) >= 11 is 3.14. The number of nitrogens with one attached hydrogen (secondary N) is 1. The number of aromatic carboxylic acids is 1. The van der Waals surface area contributed by atoms with Crippen LogP contribution in [0.15, 0.2) is 22.7 Å². The van der Waals surface area contributed by atoms with Gasteiger partial charge in [-0.3, -0.25) is 4.21 Å². The standard InChI is InChI=1S/C12H13BrN2O4S/c13-10-2-1-8(7-9(10)11(16)17)14-12(18)15-3-5-20(19)6-4-15/h1-2,7H,3-6H2,(H,14,18)(H,16,17). The number of hydrogen-bond donors (Lipinski definition) is 2. The minimum Gasteiger partial charge on any atom is -0.478 e. The van der Waals surface area contributed by atoms with Crippen molar-refractivity contribution in [2.75, 3.05) is 29.9 Å². The van der Waals surface area contributed by atoms with E-state index in [1.807, 2.05) is 0 Å². The molecule has 0 bridgehead atoms. The van der Waals surface area contributed by atoms with Crippen molar-refractivity contribution in [2.24, 2.45) is 0 Å². The quantitative estimate of drug-likeness (QED) is 0.840. The van der Waals surface area contributed by atoms with Crippen LogP contribution in [0.25, 0.3) is 0 Å². The van der Waals surface area contributed by atoms with Gasteiger partial charge in [0.1, 0.15) is 0 Å². The molecule has 0 aromatic heterocycles. The fourth-order valence-electron chi connectivity index (χ4n) is 1.81. The van der Waals surface area contributed by atoms with Crippen LogP contribution in [0.4, 0.5) is 10.5 Å². The van der Waals surface area contributed by atoms with E-state index in [-0.39, 0.29) is 11.6 Å². The molecule has 1 fully saturated rings. The maximum Gasteiger partial charge on any atom is 0.336 e. The van der Waals surface area contributed by atoms with Gasteiger partial charge in [-0.05, 0) is 34.1 Å². The molecule has 0 saturated carbocycles. The molecule has 6 nitrogen and oxygen atoms in total. The van der Waals surface area contributed by atoms with Gasteiger partial charge in [-0.25, -0.2) is 9.59 Å². The molecular formula is C12H13BrN2O4S. The highest BCUT2D eigenvalue weighted by molar-refractivity contribution is 9.10. The average Bonchev–Trinajstić information content (AvgIpc) is 2.41. The number of carboxylic acids is 1. The van der Waals surface area contributed by atoms with E-state index in [4.69, 9.17) is 5.11 Å². The summed E-state index contributed by atoms with van der Waals surface area (Å²) in [6.45, 7) is 0.890. The number of amides is 2. The largest absolute Gasteiger partial charge is 0.478 e. The lowest BCUT2D eigenvalue weighted by Gasteiger charge is -2.26. The highest BCUT2D eigenvalue weighted by atomic mass is 79.9. The molecule has 0 aliphatic carbocycles. The third kappa shape index (κ3) is 3.57. The molecule has 1 saturated heterocycles. The smallest absolute Gasteiger partial charge is 0.336 e. The maximum absolute atomic E-state index is 12.0. The Morgan fingerprint density at radius 3 is 2.55 bits per heavy atom. The molecule has 8 heteroatoms. The monoisotopic (exact) mass is 360 g/mol. The molecule has 2 N–H and O–H groups in total. The molecule has 1 aromatic rings. The van der Waals surface area contributed by atoms with E-state index in [0.717, 1.165) is 0 Å². The zero-order chi connectivity index (χ0) is 14.7. The second kappa shape index (κ2) is 6.36. The summed E-state index contributed by atoms with van der Waals surface area (Å²) in [5.41, 5.74) is 0.504. The van der Waals surface area contributed by atoms with E-state index in [0.29, 0.717) is 34.8 Å². The predicted molar refractivity (Wildman–Crippen MR) is 79.6 cm³/mol. The Labute approximate surface area is 126 Å². The summed E-state index contributed by atoms with van der Waals surface area (Å²) in [6, 6.07) is 4.29. The Balaban J connectivity index is 2.06. The fraction of sp³-hybridized carbons (Fsp3) is 0.333. The van der Waals surface area contributed by atoms with Gasteiger partial charge in [0.2, 0.25) is 0 Å². The number of hydrogen-bond acceptors (Lipinski definition) is 3. The first kappa shape index (κ1) is 15.0. The molecule has 1 aliphatic heterocycles. The van der Waals surface area contributed by atoms with Gasteiger partial charge in [0, 0.05) is 45.6 Å². The summed E-state index contributed by atoms with van der Waals surface area (Å²) in [6.07, 6.45) is 0. The predicted octanol–water partition coefficient (Wildman–Crippen LogP) is 1.74. The number of benzene rings is 1. The highest BCUT2D eigenvalue weighted by Crippen LogP contribution is 2.21. The number of urea groups is 1. The van der Waals surface area contributed by atoms with E-state index in [9.17, 15) is 13.8 Å². The normalized spacial score (nSPS) is 15.9. The number of halogens is 1. The molecule has 2 amide bonds. The minimum absolute atomic E-state index is 0.0857. The van der Waals surface area contributed by atoms with Gasteiger partial charge in [0.25, 0.3) is 0 Å². The van der Waals surface area contributed by atoms with Gasteiger partial charge in [-0.1, -0.05) is 0 Å². The van der Waals surface area contributed by atoms with Crippen LogP contribution in [0, 0.1) is 0 Å². The SMILES string of the molecule is O=C(O)c1cc(NC(=O)N2CCS(=O)CC2)ccc1Br. The van der Waals surface area contributed by atoms with Gasteiger partial charge in [0.05, 0.1) is 5.56 Å². The van der Waals surface area contributed by atoms with Crippen molar-refractivity contribution in [3.05, 3.63) is 28.2 Å². The Morgan fingerprint density at radius 1 is 1.30 bits per heavy atom. The first-order valence-corrected chi connectivity index (χ1v) is 8.19.